The van der Waals surface area contributed by atoms with E-state index in [2.05, 4.69) is 18.8 Å². The molecule has 2 rings (SSSR count). The predicted molar refractivity (Wildman–Crippen MR) is 62.7 cm³/mol. The summed E-state index contributed by atoms with van der Waals surface area (Å²) in [6.07, 6.45) is 2.49. The van der Waals surface area contributed by atoms with Gasteiger partial charge in [0.1, 0.15) is 0 Å². The van der Waals surface area contributed by atoms with Crippen molar-refractivity contribution in [3.8, 4) is 5.88 Å². The maximum Gasteiger partial charge on any atom is 0.219 e. The van der Waals surface area contributed by atoms with Crippen LogP contribution in [0.25, 0.3) is 0 Å². The van der Waals surface area contributed by atoms with Gasteiger partial charge in [-0.2, -0.15) is 0 Å². The van der Waals surface area contributed by atoms with Crippen LogP contribution in [0.15, 0.2) is 6.20 Å². The maximum absolute atomic E-state index is 10.4. The SMILES string of the molecule is Cc1c(C(C)C)cnc2c1C(C)(O)CCO2. The standard InChI is InChI=1S/C13H19NO2/c1-8(2)10-7-14-12-11(9(10)3)13(4,15)5-6-16-12/h7-8,15H,5-6H2,1-4H3. The van der Waals surface area contributed by atoms with E-state index in [1.165, 1.54) is 5.56 Å². The van der Waals surface area contributed by atoms with E-state index in [0.29, 0.717) is 24.8 Å². The number of pyridine rings is 1. The molecular weight excluding hydrogens is 202 g/mol. The van der Waals surface area contributed by atoms with Crippen LogP contribution in [0.2, 0.25) is 0 Å². The van der Waals surface area contributed by atoms with Crippen LogP contribution < -0.4 is 4.74 Å². The summed E-state index contributed by atoms with van der Waals surface area (Å²) in [5.41, 5.74) is 2.36. The molecule has 0 spiro atoms. The van der Waals surface area contributed by atoms with Gasteiger partial charge in [0.25, 0.3) is 0 Å². The molecule has 3 heteroatoms. The van der Waals surface area contributed by atoms with Crippen molar-refractivity contribution in [2.24, 2.45) is 0 Å². The summed E-state index contributed by atoms with van der Waals surface area (Å²) in [4.78, 5) is 4.31. The molecule has 1 aromatic rings. The third-order valence-corrected chi connectivity index (χ3v) is 3.33. The molecule has 0 amide bonds. The number of rotatable bonds is 1. The van der Waals surface area contributed by atoms with Crippen LogP contribution in [0, 0.1) is 6.92 Å². The molecule has 1 aliphatic heterocycles. The Bertz CT molecular complexity index is 411. The fourth-order valence-electron chi connectivity index (χ4n) is 2.39. The largest absolute Gasteiger partial charge is 0.477 e. The maximum atomic E-state index is 10.4. The van der Waals surface area contributed by atoms with Gasteiger partial charge in [0.15, 0.2) is 0 Å². The van der Waals surface area contributed by atoms with E-state index < -0.39 is 5.60 Å². The van der Waals surface area contributed by atoms with Crippen LogP contribution in [-0.2, 0) is 5.60 Å². The molecule has 0 fully saturated rings. The fraction of sp³-hybridized carbons (Fsp3) is 0.615. The molecule has 1 aromatic heterocycles. The Morgan fingerprint density at radius 3 is 2.81 bits per heavy atom. The van der Waals surface area contributed by atoms with Gasteiger partial charge in [-0.15, -0.1) is 0 Å². The molecule has 3 nitrogen and oxygen atoms in total. The van der Waals surface area contributed by atoms with Crippen LogP contribution in [-0.4, -0.2) is 16.7 Å². The van der Waals surface area contributed by atoms with E-state index in [1.807, 2.05) is 20.0 Å². The van der Waals surface area contributed by atoms with Gasteiger partial charge in [0.2, 0.25) is 5.88 Å². The molecule has 0 aromatic carbocycles. The number of hydrogen-bond acceptors (Lipinski definition) is 3. The van der Waals surface area contributed by atoms with Gasteiger partial charge in [-0.05, 0) is 30.9 Å². The number of aliphatic hydroxyl groups is 1. The molecule has 1 atom stereocenters. The summed E-state index contributed by atoms with van der Waals surface area (Å²) < 4.78 is 5.50. The second-order valence-electron chi connectivity index (χ2n) is 5.05. The van der Waals surface area contributed by atoms with Crippen LogP contribution in [0.1, 0.15) is 49.8 Å². The molecule has 1 N–H and O–H groups in total. The van der Waals surface area contributed by atoms with E-state index in [-0.39, 0.29) is 0 Å². The number of ether oxygens (including phenoxy) is 1. The van der Waals surface area contributed by atoms with Crippen molar-refractivity contribution in [2.75, 3.05) is 6.61 Å². The lowest BCUT2D eigenvalue weighted by molar-refractivity contribution is 0.0119. The van der Waals surface area contributed by atoms with Crippen LogP contribution in [0.3, 0.4) is 0 Å². The van der Waals surface area contributed by atoms with Crippen molar-refractivity contribution in [3.05, 3.63) is 22.9 Å². The summed E-state index contributed by atoms with van der Waals surface area (Å²) >= 11 is 0. The highest BCUT2D eigenvalue weighted by atomic mass is 16.5. The minimum absolute atomic E-state index is 0.413. The van der Waals surface area contributed by atoms with Gasteiger partial charge in [-0.25, -0.2) is 4.98 Å². The van der Waals surface area contributed by atoms with Crippen molar-refractivity contribution < 1.29 is 9.84 Å². The number of fused-ring (bicyclic) bond motifs is 1. The van der Waals surface area contributed by atoms with Gasteiger partial charge in [-0.3, -0.25) is 0 Å². The molecule has 0 saturated carbocycles. The Labute approximate surface area is 96.5 Å². The molecule has 0 saturated heterocycles. The van der Waals surface area contributed by atoms with Gasteiger partial charge in [0, 0.05) is 18.2 Å². The topological polar surface area (TPSA) is 42.4 Å². The first-order chi connectivity index (χ1) is 7.43. The van der Waals surface area contributed by atoms with Gasteiger partial charge >= 0.3 is 0 Å². The molecule has 88 valence electrons. The molecular formula is C13H19NO2. The number of hydrogen-bond donors (Lipinski definition) is 1. The third-order valence-electron chi connectivity index (χ3n) is 3.33. The number of aromatic nitrogens is 1. The van der Waals surface area contributed by atoms with Gasteiger partial charge in [0.05, 0.1) is 12.2 Å². The first-order valence-electron chi connectivity index (χ1n) is 5.78. The average molecular weight is 221 g/mol. The molecule has 2 heterocycles. The first kappa shape index (κ1) is 11.4. The van der Waals surface area contributed by atoms with Crippen LogP contribution in [0.4, 0.5) is 0 Å². The lowest BCUT2D eigenvalue weighted by Gasteiger charge is -2.32. The monoisotopic (exact) mass is 221 g/mol. The Kier molecular flexibility index (Phi) is 2.66. The zero-order valence-electron chi connectivity index (χ0n) is 10.4. The zero-order valence-corrected chi connectivity index (χ0v) is 10.4. The van der Waals surface area contributed by atoms with Crippen LogP contribution in [0.5, 0.6) is 5.88 Å². The Balaban J connectivity index is 2.62. The van der Waals surface area contributed by atoms with E-state index in [9.17, 15) is 5.11 Å². The zero-order chi connectivity index (χ0) is 11.9. The van der Waals surface area contributed by atoms with Crippen molar-refractivity contribution >= 4 is 0 Å². The average Bonchev–Trinajstić information content (AvgIpc) is 2.15. The highest BCUT2D eigenvalue weighted by Crippen LogP contribution is 2.39. The summed E-state index contributed by atoms with van der Waals surface area (Å²) in [6, 6.07) is 0. The summed E-state index contributed by atoms with van der Waals surface area (Å²) in [5.74, 6) is 1.01. The third kappa shape index (κ3) is 1.69. The van der Waals surface area contributed by atoms with E-state index in [1.54, 1.807) is 0 Å². The van der Waals surface area contributed by atoms with Gasteiger partial charge < -0.3 is 9.84 Å². The number of nitrogens with zero attached hydrogens (tertiary/aromatic N) is 1. The highest BCUT2D eigenvalue weighted by Gasteiger charge is 2.34. The van der Waals surface area contributed by atoms with E-state index in [4.69, 9.17) is 4.74 Å². The second-order valence-corrected chi connectivity index (χ2v) is 5.05. The fourth-order valence-corrected chi connectivity index (χ4v) is 2.39. The lowest BCUT2D eigenvalue weighted by atomic mass is 9.85. The summed E-state index contributed by atoms with van der Waals surface area (Å²) in [7, 11) is 0. The molecule has 16 heavy (non-hydrogen) atoms. The lowest BCUT2D eigenvalue weighted by Crippen LogP contribution is -2.31. The van der Waals surface area contributed by atoms with Gasteiger partial charge in [-0.1, -0.05) is 13.8 Å². The second kappa shape index (κ2) is 3.74. The molecule has 0 aliphatic carbocycles. The Morgan fingerprint density at radius 1 is 1.50 bits per heavy atom. The quantitative estimate of drug-likeness (QED) is 0.792. The Morgan fingerprint density at radius 2 is 2.19 bits per heavy atom. The first-order valence-corrected chi connectivity index (χ1v) is 5.78. The Hall–Kier alpha value is -1.09. The van der Waals surface area contributed by atoms with Crippen molar-refractivity contribution in [1.29, 1.82) is 0 Å². The smallest absolute Gasteiger partial charge is 0.219 e. The summed E-state index contributed by atoms with van der Waals surface area (Å²) in [5, 5.41) is 10.4. The molecule has 1 aliphatic rings. The summed E-state index contributed by atoms with van der Waals surface area (Å²) in [6.45, 7) is 8.68. The van der Waals surface area contributed by atoms with Crippen molar-refractivity contribution in [2.45, 2.75) is 45.6 Å². The highest BCUT2D eigenvalue weighted by molar-refractivity contribution is 5.44. The van der Waals surface area contributed by atoms with E-state index >= 15 is 0 Å². The van der Waals surface area contributed by atoms with Crippen molar-refractivity contribution in [1.82, 2.24) is 4.98 Å². The predicted octanol–water partition coefficient (Wildman–Crippen LogP) is 2.50. The molecule has 1 unspecified atom stereocenters. The van der Waals surface area contributed by atoms with E-state index in [0.717, 1.165) is 11.1 Å². The van der Waals surface area contributed by atoms with Crippen molar-refractivity contribution in [3.63, 3.8) is 0 Å². The minimum Gasteiger partial charge on any atom is -0.477 e. The van der Waals surface area contributed by atoms with Crippen LogP contribution >= 0.6 is 0 Å². The molecule has 0 radical (unpaired) electrons. The molecule has 0 bridgehead atoms. The minimum atomic E-state index is -0.810. The normalized spacial score (nSPS) is 24.1.